The maximum absolute atomic E-state index is 5.39. The van der Waals surface area contributed by atoms with Gasteiger partial charge in [-0.3, -0.25) is 5.32 Å². The fourth-order valence-corrected chi connectivity index (χ4v) is 1.96. The highest BCUT2D eigenvalue weighted by Gasteiger charge is 2.26. The summed E-state index contributed by atoms with van der Waals surface area (Å²) in [6.07, 6.45) is 0. The summed E-state index contributed by atoms with van der Waals surface area (Å²) in [5.74, 6) is 0. The van der Waals surface area contributed by atoms with E-state index in [9.17, 15) is 0 Å². The molecule has 1 heterocycles. The molecule has 0 bridgehead atoms. The first-order valence-electron chi connectivity index (χ1n) is 3.15. The first kappa shape index (κ1) is 7.38. The monoisotopic (exact) mass is 147 g/mol. The summed E-state index contributed by atoms with van der Waals surface area (Å²) in [4.78, 5) is 0.00463. The van der Waals surface area contributed by atoms with E-state index in [1.54, 1.807) is 0 Å². The highest BCUT2D eigenvalue weighted by Crippen LogP contribution is 2.31. The second kappa shape index (κ2) is 2.48. The van der Waals surface area contributed by atoms with Crippen molar-refractivity contribution < 1.29 is 4.74 Å². The Balaban J connectivity index is 2.41. The van der Waals surface area contributed by atoms with Crippen LogP contribution in [0.5, 0.6) is 0 Å². The summed E-state index contributed by atoms with van der Waals surface area (Å²) in [6, 6.07) is 0. The second-order valence-electron chi connectivity index (χ2n) is 2.65. The van der Waals surface area contributed by atoms with Crippen LogP contribution in [0.4, 0.5) is 0 Å². The molecule has 0 aromatic carbocycles. The largest absolute Gasteiger partial charge is 0.350 e. The Kier molecular flexibility index (Phi) is 2.03. The normalized spacial score (nSPS) is 34.3. The Morgan fingerprint density at radius 2 is 2.33 bits per heavy atom. The molecule has 1 N–H and O–H groups in total. The first-order valence-corrected chi connectivity index (χ1v) is 4.03. The SMILES string of the molecule is CC1NCOC(C)(C)S1. The van der Waals surface area contributed by atoms with E-state index >= 15 is 0 Å². The Hall–Kier alpha value is 0.270. The molecule has 0 aromatic heterocycles. The maximum Gasteiger partial charge on any atom is 0.111 e. The van der Waals surface area contributed by atoms with E-state index in [1.807, 2.05) is 11.8 Å². The third kappa shape index (κ3) is 2.16. The molecule has 0 radical (unpaired) electrons. The molecule has 0 aliphatic carbocycles. The van der Waals surface area contributed by atoms with Crippen LogP contribution in [0.2, 0.25) is 0 Å². The quantitative estimate of drug-likeness (QED) is 0.559. The molecule has 3 heteroatoms. The van der Waals surface area contributed by atoms with E-state index in [0.717, 1.165) is 0 Å². The minimum atomic E-state index is 0.00463. The Labute approximate surface area is 60.3 Å². The van der Waals surface area contributed by atoms with Crippen molar-refractivity contribution in [1.29, 1.82) is 0 Å². The van der Waals surface area contributed by atoms with Gasteiger partial charge in [-0.25, -0.2) is 0 Å². The summed E-state index contributed by atoms with van der Waals surface area (Å²) in [6.45, 7) is 7.01. The minimum Gasteiger partial charge on any atom is -0.350 e. The zero-order valence-electron chi connectivity index (χ0n) is 6.10. The van der Waals surface area contributed by atoms with Gasteiger partial charge in [0.1, 0.15) is 4.93 Å². The summed E-state index contributed by atoms with van der Waals surface area (Å²) in [7, 11) is 0. The van der Waals surface area contributed by atoms with Gasteiger partial charge in [0.05, 0.1) is 12.1 Å². The van der Waals surface area contributed by atoms with Crippen LogP contribution in [0, 0.1) is 0 Å². The van der Waals surface area contributed by atoms with Gasteiger partial charge < -0.3 is 4.74 Å². The molecular weight excluding hydrogens is 134 g/mol. The van der Waals surface area contributed by atoms with E-state index in [-0.39, 0.29) is 4.93 Å². The van der Waals surface area contributed by atoms with Crippen molar-refractivity contribution in [2.45, 2.75) is 31.1 Å². The summed E-state index contributed by atoms with van der Waals surface area (Å²) < 4.78 is 5.39. The molecule has 1 unspecified atom stereocenters. The standard InChI is InChI=1S/C6H13NOS/c1-5-7-4-8-6(2,3)9-5/h5,7H,4H2,1-3H3. The van der Waals surface area contributed by atoms with Gasteiger partial charge in [0.15, 0.2) is 0 Å². The van der Waals surface area contributed by atoms with Crippen molar-refractivity contribution in [2.75, 3.05) is 6.73 Å². The van der Waals surface area contributed by atoms with Gasteiger partial charge in [0.25, 0.3) is 0 Å². The zero-order chi connectivity index (χ0) is 6.91. The van der Waals surface area contributed by atoms with Gasteiger partial charge in [-0.1, -0.05) is 0 Å². The summed E-state index contributed by atoms with van der Waals surface area (Å²) in [5, 5.41) is 3.70. The lowest BCUT2D eigenvalue weighted by Gasteiger charge is -2.33. The zero-order valence-corrected chi connectivity index (χ0v) is 6.92. The van der Waals surface area contributed by atoms with E-state index in [0.29, 0.717) is 12.1 Å². The minimum absolute atomic E-state index is 0.00463. The van der Waals surface area contributed by atoms with Gasteiger partial charge >= 0.3 is 0 Å². The lowest BCUT2D eigenvalue weighted by Crippen LogP contribution is -2.40. The van der Waals surface area contributed by atoms with Crippen LogP contribution in [0.15, 0.2) is 0 Å². The van der Waals surface area contributed by atoms with Crippen LogP contribution < -0.4 is 5.32 Å². The highest BCUT2D eigenvalue weighted by atomic mass is 32.2. The molecule has 54 valence electrons. The molecule has 9 heavy (non-hydrogen) atoms. The predicted octanol–water partition coefficient (Wildman–Crippen LogP) is 1.38. The molecular formula is C6H13NOS. The molecule has 1 fully saturated rings. The molecule has 1 aliphatic heterocycles. The Morgan fingerprint density at radius 1 is 1.67 bits per heavy atom. The molecule has 1 atom stereocenters. The van der Waals surface area contributed by atoms with Crippen molar-refractivity contribution in [1.82, 2.24) is 5.32 Å². The number of nitrogens with one attached hydrogen (secondary N) is 1. The smallest absolute Gasteiger partial charge is 0.111 e. The number of ether oxygens (including phenoxy) is 1. The number of thioether (sulfide) groups is 1. The Morgan fingerprint density at radius 3 is 2.67 bits per heavy atom. The van der Waals surface area contributed by atoms with Gasteiger partial charge in [-0.2, -0.15) is 0 Å². The van der Waals surface area contributed by atoms with Gasteiger partial charge in [-0.15, -0.1) is 11.8 Å². The average molecular weight is 147 g/mol. The molecule has 0 saturated carbocycles. The van der Waals surface area contributed by atoms with Gasteiger partial charge in [0.2, 0.25) is 0 Å². The number of hydrogen-bond donors (Lipinski definition) is 1. The number of hydrogen-bond acceptors (Lipinski definition) is 3. The molecule has 0 amide bonds. The molecule has 1 aliphatic rings. The van der Waals surface area contributed by atoms with Crippen molar-refractivity contribution in [3.05, 3.63) is 0 Å². The fraction of sp³-hybridized carbons (Fsp3) is 1.00. The van der Waals surface area contributed by atoms with Gasteiger partial charge in [-0.05, 0) is 20.8 Å². The lowest BCUT2D eigenvalue weighted by atomic mass is 10.5. The van der Waals surface area contributed by atoms with Crippen LogP contribution in [-0.4, -0.2) is 17.0 Å². The Bertz CT molecular complexity index is 105. The van der Waals surface area contributed by atoms with Crippen LogP contribution >= 0.6 is 11.8 Å². The van der Waals surface area contributed by atoms with E-state index in [2.05, 4.69) is 26.1 Å². The lowest BCUT2D eigenvalue weighted by molar-refractivity contribution is 0.0276. The third-order valence-electron chi connectivity index (χ3n) is 1.25. The molecule has 0 spiro atoms. The molecule has 1 saturated heterocycles. The fourth-order valence-electron chi connectivity index (χ4n) is 0.834. The summed E-state index contributed by atoms with van der Waals surface area (Å²) >= 11 is 1.81. The van der Waals surface area contributed by atoms with E-state index < -0.39 is 0 Å². The van der Waals surface area contributed by atoms with E-state index in [1.165, 1.54) is 0 Å². The van der Waals surface area contributed by atoms with Crippen molar-refractivity contribution in [3.8, 4) is 0 Å². The predicted molar refractivity (Wildman–Crippen MR) is 40.2 cm³/mol. The maximum atomic E-state index is 5.39. The van der Waals surface area contributed by atoms with Crippen LogP contribution in [-0.2, 0) is 4.74 Å². The average Bonchev–Trinajstić information content (AvgIpc) is 1.60. The highest BCUT2D eigenvalue weighted by molar-refractivity contribution is 8.01. The second-order valence-corrected chi connectivity index (χ2v) is 4.58. The van der Waals surface area contributed by atoms with Crippen molar-refractivity contribution in [3.63, 3.8) is 0 Å². The van der Waals surface area contributed by atoms with Crippen LogP contribution in [0.25, 0.3) is 0 Å². The molecule has 0 aromatic rings. The molecule has 1 rings (SSSR count). The topological polar surface area (TPSA) is 21.3 Å². The van der Waals surface area contributed by atoms with Crippen LogP contribution in [0.1, 0.15) is 20.8 Å². The van der Waals surface area contributed by atoms with Gasteiger partial charge in [0, 0.05) is 0 Å². The van der Waals surface area contributed by atoms with E-state index in [4.69, 9.17) is 4.74 Å². The molecule has 2 nitrogen and oxygen atoms in total. The number of rotatable bonds is 0. The first-order chi connectivity index (χ1) is 4.10. The summed E-state index contributed by atoms with van der Waals surface area (Å²) in [5.41, 5.74) is 0. The van der Waals surface area contributed by atoms with Crippen LogP contribution in [0.3, 0.4) is 0 Å². The third-order valence-corrected chi connectivity index (χ3v) is 2.46. The van der Waals surface area contributed by atoms with Crippen molar-refractivity contribution in [2.24, 2.45) is 0 Å². The van der Waals surface area contributed by atoms with Crippen molar-refractivity contribution >= 4 is 11.8 Å².